The van der Waals surface area contributed by atoms with Gasteiger partial charge < -0.3 is 15.1 Å². The van der Waals surface area contributed by atoms with Crippen molar-refractivity contribution >= 4 is 41.2 Å². The molecule has 1 aliphatic heterocycles. The summed E-state index contributed by atoms with van der Waals surface area (Å²) in [5.74, 6) is -0.225. The molecule has 194 valence electrons. The number of halogens is 3. The van der Waals surface area contributed by atoms with Crippen molar-refractivity contribution in [3.8, 4) is 0 Å². The van der Waals surface area contributed by atoms with E-state index in [0.717, 1.165) is 4.90 Å². The van der Waals surface area contributed by atoms with Crippen molar-refractivity contribution in [3.05, 3.63) is 48.2 Å². The Bertz CT molecular complexity index is 1120. The minimum Gasteiger partial charge on any atom is -0.337 e. The Balaban J connectivity index is 1.72. The maximum Gasteiger partial charge on any atom is 0.446 e. The summed E-state index contributed by atoms with van der Waals surface area (Å²) in [5.41, 5.74) is -4.85. The van der Waals surface area contributed by atoms with Crippen LogP contribution in [0.4, 0.5) is 34.3 Å². The number of pyridine rings is 1. The Morgan fingerprint density at radius 2 is 1.81 bits per heavy atom. The van der Waals surface area contributed by atoms with Crippen molar-refractivity contribution in [2.24, 2.45) is 0 Å². The SMILES string of the molecule is CN(C)CCNC(=O)Nc1cc(CN2C(=O)N(c3ccc(SC(F)(F)F)cc3)C(=O)C2(C)C)ccn1. The minimum absolute atomic E-state index is 0.0511. The summed E-state index contributed by atoms with van der Waals surface area (Å²) in [6, 6.07) is 7.29. The molecule has 9 nitrogen and oxygen atoms in total. The molecule has 1 saturated heterocycles. The molecule has 0 bridgehead atoms. The third kappa shape index (κ3) is 6.66. The summed E-state index contributed by atoms with van der Waals surface area (Å²) in [6.07, 6.45) is 1.48. The van der Waals surface area contributed by atoms with Gasteiger partial charge in [0.1, 0.15) is 11.4 Å². The Labute approximate surface area is 211 Å². The molecule has 0 atom stereocenters. The van der Waals surface area contributed by atoms with Gasteiger partial charge in [-0.25, -0.2) is 19.5 Å². The molecule has 3 rings (SSSR count). The number of benzene rings is 1. The Morgan fingerprint density at radius 1 is 1.14 bits per heavy atom. The van der Waals surface area contributed by atoms with Gasteiger partial charge in [0.05, 0.1) is 5.69 Å². The second-order valence-electron chi connectivity index (χ2n) is 8.84. The van der Waals surface area contributed by atoms with E-state index in [1.165, 1.54) is 35.4 Å². The van der Waals surface area contributed by atoms with Crippen molar-refractivity contribution < 1.29 is 27.6 Å². The number of rotatable bonds is 8. The number of amides is 5. The number of anilines is 2. The Hall–Kier alpha value is -3.32. The van der Waals surface area contributed by atoms with E-state index in [1.807, 2.05) is 19.0 Å². The van der Waals surface area contributed by atoms with Gasteiger partial charge in [-0.2, -0.15) is 13.2 Å². The van der Waals surface area contributed by atoms with Gasteiger partial charge in [0, 0.05) is 30.7 Å². The second kappa shape index (κ2) is 10.7. The van der Waals surface area contributed by atoms with E-state index in [1.54, 1.807) is 26.0 Å². The summed E-state index contributed by atoms with van der Waals surface area (Å²) < 4.78 is 37.8. The summed E-state index contributed by atoms with van der Waals surface area (Å²) in [7, 11) is 3.78. The van der Waals surface area contributed by atoms with Crippen molar-refractivity contribution in [1.29, 1.82) is 0 Å². The number of thioether (sulfide) groups is 1. The fraction of sp³-hybridized carbons (Fsp3) is 0.391. The first-order valence-electron chi connectivity index (χ1n) is 10.9. The van der Waals surface area contributed by atoms with Gasteiger partial charge in [0.25, 0.3) is 5.91 Å². The molecule has 13 heteroatoms. The highest BCUT2D eigenvalue weighted by molar-refractivity contribution is 8.00. The van der Waals surface area contributed by atoms with Crippen molar-refractivity contribution in [3.63, 3.8) is 0 Å². The lowest BCUT2D eigenvalue weighted by atomic mass is 10.0. The average molecular weight is 525 g/mol. The number of carbonyl (C=O) groups is 3. The molecule has 1 aromatic heterocycles. The van der Waals surface area contributed by atoms with Crippen LogP contribution in [0.5, 0.6) is 0 Å². The van der Waals surface area contributed by atoms with Gasteiger partial charge in [0.15, 0.2) is 0 Å². The molecule has 2 N–H and O–H groups in total. The topological polar surface area (TPSA) is 97.9 Å². The summed E-state index contributed by atoms with van der Waals surface area (Å²) in [6.45, 7) is 4.36. The number of hydrogen-bond acceptors (Lipinski definition) is 6. The molecule has 2 aromatic rings. The van der Waals surface area contributed by atoms with E-state index < -0.39 is 29.0 Å². The van der Waals surface area contributed by atoms with E-state index in [9.17, 15) is 27.6 Å². The van der Waals surface area contributed by atoms with E-state index in [-0.39, 0.29) is 34.7 Å². The van der Waals surface area contributed by atoms with Crippen LogP contribution in [0.15, 0.2) is 47.5 Å². The van der Waals surface area contributed by atoms with Crippen LogP contribution in [0.1, 0.15) is 19.4 Å². The molecule has 0 radical (unpaired) electrons. The third-order valence-corrected chi connectivity index (χ3v) is 6.14. The van der Waals surface area contributed by atoms with Gasteiger partial charge in [-0.15, -0.1) is 0 Å². The molecular formula is C23H27F3N6O3S. The van der Waals surface area contributed by atoms with E-state index in [0.29, 0.717) is 18.7 Å². The molecule has 2 heterocycles. The van der Waals surface area contributed by atoms with Crippen molar-refractivity contribution in [2.75, 3.05) is 37.4 Å². The van der Waals surface area contributed by atoms with Crippen LogP contribution in [0, 0.1) is 0 Å². The number of urea groups is 2. The minimum atomic E-state index is -4.44. The van der Waals surface area contributed by atoms with Crippen LogP contribution in [-0.4, -0.2) is 71.0 Å². The number of nitrogens with one attached hydrogen (secondary N) is 2. The normalized spacial score (nSPS) is 15.6. The lowest BCUT2D eigenvalue weighted by Crippen LogP contribution is -2.43. The molecule has 1 aromatic carbocycles. The average Bonchev–Trinajstić information content (AvgIpc) is 2.93. The Kier molecular flexibility index (Phi) is 8.14. The highest BCUT2D eigenvalue weighted by atomic mass is 32.2. The zero-order chi connectivity index (χ0) is 26.7. The predicted molar refractivity (Wildman–Crippen MR) is 131 cm³/mol. The van der Waals surface area contributed by atoms with Crippen molar-refractivity contribution in [1.82, 2.24) is 20.1 Å². The summed E-state index contributed by atoms with van der Waals surface area (Å²) >= 11 is -0.275. The molecule has 1 aliphatic rings. The van der Waals surface area contributed by atoms with Crippen LogP contribution in [0.25, 0.3) is 0 Å². The maximum absolute atomic E-state index is 13.2. The maximum atomic E-state index is 13.2. The van der Waals surface area contributed by atoms with E-state index in [2.05, 4.69) is 15.6 Å². The number of nitrogens with zero attached hydrogens (tertiary/aromatic N) is 4. The Morgan fingerprint density at radius 3 is 2.42 bits per heavy atom. The highest BCUT2D eigenvalue weighted by Gasteiger charge is 2.51. The predicted octanol–water partition coefficient (Wildman–Crippen LogP) is 4.12. The summed E-state index contributed by atoms with van der Waals surface area (Å²) in [4.78, 5) is 46.7. The smallest absolute Gasteiger partial charge is 0.337 e. The number of carbonyl (C=O) groups excluding carboxylic acids is 3. The number of alkyl halides is 3. The largest absolute Gasteiger partial charge is 0.446 e. The van der Waals surface area contributed by atoms with Gasteiger partial charge in [-0.05, 0) is 81.7 Å². The van der Waals surface area contributed by atoms with Gasteiger partial charge >= 0.3 is 17.6 Å². The first kappa shape index (κ1) is 27.3. The fourth-order valence-corrected chi connectivity index (χ4v) is 4.04. The van der Waals surface area contributed by atoms with Crippen molar-refractivity contribution in [2.45, 2.75) is 36.3 Å². The van der Waals surface area contributed by atoms with Gasteiger partial charge in [-0.1, -0.05) is 0 Å². The highest BCUT2D eigenvalue weighted by Crippen LogP contribution is 2.39. The molecule has 0 aliphatic carbocycles. The van der Waals surface area contributed by atoms with Gasteiger partial charge in [0.2, 0.25) is 0 Å². The van der Waals surface area contributed by atoms with Crippen LogP contribution in [0.3, 0.4) is 0 Å². The molecule has 36 heavy (non-hydrogen) atoms. The van der Waals surface area contributed by atoms with E-state index >= 15 is 0 Å². The second-order valence-corrected chi connectivity index (χ2v) is 9.98. The fourth-order valence-electron chi connectivity index (χ4n) is 3.50. The number of hydrogen-bond donors (Lipinski definition) is 2. The first-order chi connectivity index (χ1) is 16.8. The lowest BCUT2D eigenvalue weighted by molar-refractivity contribution is -0.123. The van der Waals surface area contributed by atoms with Crippen LogP contribution < -0.4 is 15.5 Å². The zero-order valence-electron chi connectivity index (χ0n) is 20.2. The summed E-state index contributed by atoms with van der Waals surface area (Å²) in [5, 5.41) is 5.34. The van der Waals surface area contributed by atoms with Crippen LogP contribution >= 0.6 is 11.8 Å². The molecule has 5 amide bonds. The quantitative estimate of drug-likeness (QED) is 0.398. The van der Waals surface area contributed by atoms with E-state index in [4.69, 9.17) is 0 Å². The van der Waals surface area contributed by atoms with Crippen LogP contribution in [-0.2, 0) is 11.3 Å². The monoisotopic (exact) mass is 524 g/mol. The molecule has 1 fully saturated rings. The number of likely N-dealkylation sites (N-methyl/N-ethyl adjacent to an activating group) is 1. The molecule has 0 spiro atoms. The molecular weight excluding hydrogens is 497 g/mol. The lowest BCUT2D eigenvalue weighted by Gasteiger charge is -2.27. The molecule has 0 unspecified atom stereocenters. The standard InChI is InChI=1S/C23H27F3N6O3S/c1-22(2)19(33)32(16-5-7-17(8-6-16)36-23(24,25)26)21(35)31(22)14-15-9-10-27-18(13-15)29-20(34)28-11-12-30(3)4/h5-10,13H,11-12,14H2,1-4H3,(H2,27,28,29,34). The first-order valence-corrected chi connectivity index (χ1v) is 11.8. The third-order valence-electron chi connectivity index (χ3n) is 5.40. The molecule has 0 saturated carbocycles. The zero-order valence-corrected chi connectivity index (χ0v) is 21.0. The number of aromatic nitrogens is 1. The van der Waals surface area contributed by atoms with Gasteiger partial charge in [-0.3, -0.25) is 10.1 Å². The number of imide groups is 1. The van der Waals surface area contributed by atoms with Crippen LogP contribution in [0.2, 0.25) is 0 Å².